The number of nitrogens with one attached hydrogen (secondary N) is 5. The van der Waals surface area contributed by atoms with Crippen LogP contribution in [0.3, 0.4) is 0 Å². The maximum absolute atomic E-state index is 11.5. The molecule has 0 aromatic heterocycles. The lowest BCUT2D eigenvalue weighted by Crippen LogP contribution is -2.36. The van der Waals surface area contributed by atoms with Crippen molar-refractivity contribution in [3.05, 3.63) is 81.6 Å². The van der Waals surface area contributed by atoms with Crippen molar-refractivity contribution in [1.82, 2.24) is 16.0 Å². The van der Waals surface area contributed by atoms with Gasteiger partial charge < -0.3 is 45.7 Å². The summed E-state index contributed by atoms with van der Waals surface area (Å²) in [6.45, 7) is 12.0. The second-order valence-electron chi connectivity index (χ2n) is 12.0. The first kappa shape index (κ1) is 51.4. The molecule has 0 bridgehead atoms. The Morgan fingerprint density at radius 2 is 0.962 bits per heavy atom. The van der Waals surface area contributed by atoms with E-state index in [2.05, 4.69) is 27.1 Å². The topological polar surface area (TPSA) is 304 Å². The van der Waals surface area contributed by atoms with Crippen molar-refractivity contribution < 1.29 is 52.8 Å². The zero-order chi connectivity index (χ0) is 41.3. The number of carboxylic acid groups (broad SMARTS) is 1. The van der Waals surface area contributed by atoms with Crippen molar-refractivity contribution in [2.75, 3.05) is 26.2 Å². The lowest BCUT2D eigenvalue weighted by molar-refractivity contribution is -0.160. The van der Waals surface area contributed by atoms with Gasteiger partial charge in [0, 0.05) is 26.2 Å². The molecule has 0 unspecified atom stereocenters. The minimum atomic E-state index is -1.17. The van der Waals surface area contributed by atoms with Crippen LogP contribution in [0.1, 0.15) is 65.5 Å². The summed E-state index contributed by atoms with van der Waals surface area (Å²) in [4.78, 5) is 81.1. The van der Waals surface area contributed by atoms with Gasteiger partial charge >= 0.3 is 30.1 Å². The molecule has 296 valence electrons. The second kappa shape index (κ2) is 30.8. The fourth-order valence-corrected chi connectivity index (χ4v) is 3.16. The van der Waals surface area contributed by atoms with Gasteiger partial charge in [-0.1, -0.05) is 71.9 Å². The number of carbonyl (C=O) groups excluding carboxylic acids is 5. The monoisotopic (exact) mass is 752 g/mol. The van der Waals surface area contributed by atoms with E-state index in [9.17, 15) is 28.8 Å². The number of nitroso groups, excluding NO2 is 2. The number of rotatable bonds is 13. The van der Waals surface area contributed by atoms with E-state index in [1.807, 2.05) is 60.7 Å². The van der Waals surface area contributed by atoms with E-state index in [4.69, 9.17) is 39.6 Å². The first-order valence-electron chi connectivity index (χ1n) is 15.8. The van der Waals surface area contributed by atoms with Crippen LogP contribution in [0.25, 0.3) is 0 Å². The van der Waals surface area contributed by atoms with Crippen LogP contribution in [0.15, 0.2) is 60.7 Å². The van der Waals surface area contributed by atoms with E-state index in [0.717, 1.165) is 11.1 Å². The Balaban J connectivity index is -0.000000732. The number of benzene rings is 2. The number of ether oxygens (including phenoxy) is 4. The number of alkyl carbamates (subject to hydrolysis) is 2. The number of hydrogen-bond acceptors (Lipinski definition) is 15. The molecule has 53 heavy (non-hydrogen) atoms. The molecule has 19 heteroatoms. The first-order valence-corrected chi connectivity index (χ1v) is 15.8. The Morgan fingerprint density at radius 1 is 0.604 bits per heavy atom. The third-order valence-electron chi connectivity index (χ3n) is 5.00. The highest BCUT2D eigenvalue weighted by Crippen LogP contribution is 2.09. The van der Waals surface area contributed by atoms with E-state index in [0.29, 0.717) is 13.1 Å². The van der Waals surface area contributed by atoms with Crippen molar-refractivity contribution in [2.24, 2.45) is 5.73 Å². The van der Waals surface area contributed by atoms with E-state index in [1.165, 1.54) is 0 Å². The third kappa shape index (κ3) is 37.1. The molecule has 19 nitrogen and oxygen atoms in total. The number of carbonyl (C=O) groups is 6. The van der Waals surface area contributed by atoms with Crippen LogP contribution in [-0.2, 0) is 51.3 Å². The van der Waals surface area contributed by atoms with E-state index in [1.54, 1.807) is 41.5 Å². The molecule has 0 aliphatic carbocycles. The smallest absolute Gasteiger partial charge is 0.407 e. The normalized spacial score (nSPS) is 9.72. The van der Waals surface area contributed by atoms with Gasteiger partial charge in [0.2, 0.25) is 5.91 Å². The third-order valence-corrected chi connectivity index (χ3v) is 5.00. The zero-order valence-electron chi connectivity index (χ0n) is 30.9. The Bertz CT molecular complexity index is 1330. The summed E-state index contributed by atoms with van der Waals surface area (Å²) >= 11 is 0. The summed E-state index contributed by atoms with van der Waals surface area (Å²) in [6.07, 6.45) is -1.92. The predicted molar refractivity (Wildman–Crippen MR) is 192 cm³/mol. The number of carboxylic acids is 1. The number of aliphatic carboxylic acids is 1. The van der Waals surface area contributed by atoms with Gasteiger partial charge in [0.1, 0.15) is 37.3 Å². The van der Waals surface area contributed by atoms with Gasteiger partial charge in [-0.25, -0.2) is 9.59 Å². The van der Waals surface area contributed by atoms with Gasteiger partial charge in [-0.05, 0) is 52.7 Å². The summed E-state index contributed by atoms with van der Waals surface area (Å²) in [6, 6.07) is 18.8. The second-order valence-corrected chi connectivity index (χ2v) is 12.0. The molecule has 0 spiro atoms. The fraction of sp³-hybridized carbons (Fsp3) is 0.471. The molecule has 0 radical (unpaired) electrons. The summed E-state index contributed by atoms with van der Waals surface area (Å²) in [5, 5.41) is 15.7. The van der Waals surface area contributed by atoms with Crippen molar-refractivity contribution >= 4 is 36.0 Å². The Kier molecular flexibility index (Phi) is 29.9. The quantitative estimate of drug-likeness (QED) is 0.0498. The summed E-state index contributed by atoms with van der Waals surface area (Å²) in [5.74, 6) is -2.91. The molecule has 8 N–H and O–H groups in total. The highest BCUT2D eigenvalue weighted by molar-refractivity contribution is 5.94. The van der Waals surface area contributed by atoms with Gasteiger partial charge in [-0.15, -0.1) is 0 Å². The predicted octanol–water partition coefficient (Wildman–Crippen LogP) is 4.10. The lowest BCUT2D eigenvalue weighted by Gasteiger charge is -2.19. The average Bonchev–Trinajstić information content (AvgIpc) is 3.08. The molecule has 0 atom stereocenters. The highest BCUT2D eigenvalue weighted by atomic mass is 16.6. The van der Waals surface area contributed by atoms with E-state index in [-0.39, 0.29) is 32.7 Å². The van der Waals surface area contributed by atoms with Crippen LogP contribution < -0.4 is 21.7 Å². The maximum Gasteiger partial charge on any atom is 0.407 e. The molecular weight excluding hydrogens is 700 g/mol. The SMILES string of the molecule is CC(C)(C)OC(=O)CC(=O)NCCNC(=O)OCc1ccccc1.CC(C)(C)OC(=O)CC(=O)O.N=O.N=O.NCCNC(=O)OCc1ccccc1. The highest BCUT2D eigenvalue weighted by Gasteiger charge is 2.19. The molecule has 0 aliphatic rings. The molecule has 0 saturated carbocycles. The van der Waals surface area contributed by atoms with Crippen molar-refractivity contribution in [2.45, 2.75) is 78.8 Å². The Morgan fingerprint density at radius 3 is 1.32 bits per heavy atom. The van der Waals surface area contributed by atoms with Crippen LogP contribution in [-0.4, -0.2) is 78.5 Å². The molecule has 2 aromatic carbocycles. The number of amides is 3. The van der Waals surface area contributed by atoms with Gasteiger partial charge in [0.15, 0.2) is 0 Å². The van der Waals surface area contributed by atoms with Crippen molar-refractivity contribution in [3.8, 4) is 0 Å². The molecule has 0 heterocycles. The lowest BCUT2D eigenvalue weighted by atomic mass is 10.2. The summed E-state index contributed by atoms with van der Waals surface area (Å²) in [7, 11) is 0. The van der Waals surface area contributed by atoms with Crippen LogP contribution in [0, 0.1) is 21.0 Å². The van der Waals surface area contributed by atoms with Gasteiger partial charge in [0.25, 0.3) is 0 Å². The molecular formula is C34H52N6O13. The van der Waals surface area contributed by atoms with Crippen LogP contribution in [0.5, 0.6) is 0 Å². The Hall–Kier alpha value is -5.98. The minimum Gasteiger partial charge on any atom is -0.481 e. The fourth-order valence-electron chi connectivity index (χ4n) is 3.16. The summed E-state index contributed by atoms with van der Waals surface area (Å²) in [5.41, 5.74) is 14.8. The summed E-state index contributed by atoms with van der Waals surface area (Å²) < 4.78 is 19.7. The van der Waals surface area contributed by atoms with Crippen LogP contribution in [0.4, 0.5) is 9.59 Å². The minimum absolute atomic E-state index is 0.178. The standard InChI is InChI=1S/C17H24N2O5.C10H14N2O2.C7H12O4.2HNO/c1-17(2,3)24-15(21)11-14(20)18-9-10-19-16(22)23-12-13-7-5-4-6-8-13;11-6-7-12-10(13)14-8-9-4-2-1-3-5-9;1-7(2,3)11-6(10)4-5(8)9;2*1-2/h4-8H,9-12H2,1-3H3,(H,18,20)(H,19,22);1-5H,6-8,11H2,(H,12,13);4H2,1-3H3,(H,8,9);2*1H. The van der Waals surface area contributed by atoms with Crippen molar-refractivity contribution in [1.29, 1.82) is 11.2 Å². The van der Waals surface area contributed by atoms with Crippen LogP contribution in [0.2, 0.25) is 0 Å². The van der Waals surface area contributed by atoms with E-state index >= 15 is 0 Å². The molecule has 3 amide bonds. The number of hydrogen-bond donors (Lipinski definition) is 7. The number of nitrogens with two attached hydrogens (primary N) is 1. The Labute approximate surface area is 308 Å². The van der Waals surface area contributed by atoms with Crippen LogP contribution >= 0.6 is 0 Å². The van der Waals surface area contributed by atoms with E-state index < -0.39 is 53.6 Å². The van der Waals surface area contributed by atoms with Crippen molar-refractivity contribution in [3.63, 3.8) is 0 Å². The molecule has 2 rings (SSSR count). The average molecular weight is 753 g/mol. The zero-order valence-corrected chi connectivity index (χ0v) is 30.9. The molecule has 0 aliphatic heterocycles. The number of esters is 2. The molecule has 0 saturated heterocycles. The maximum atomic E-state index is 11.5. The van der Waals surface area contributed by atoms with Gasteiger partial charge in [-0.2, -0.15) is 9.81 Å². The first-order chi connectivity index (χ1) is 24.9. The molecule has 2 aromatic rings. The largest absolute Gasteiger partial charge is 0.481 e. The van der Waals surface area contributed by atoms with Gasteiger partial charge in [0.05, 0.1) is 0 Å². The molecule has 0 fully saturated rings. The van der Waals surface area contributed by atoms with Gasteiger partial charge in [-0.3, -0.25) is 19.2 Å².